The van der Waals surface area contributed by atoms with Crippen molar-refractivity contribution in [3.8, 4) is 11.1 Å². The van der Waals surface area contributed by atoms with Gasteiger partial charge in [-0.05, 0) is 48.6 Å². The van der Waals surface area contributed by atoms with Crippen LogP contribution in [0.4, 0.5) is 11.5 Å². The molecule has 0 radical (unpaired) electrons. The Kier molecular flexibility index (Phi) is 5.14. The highest BCUT2D eigenvalue weighted by molar-refractivity contribution is 7.17. The van der Waals surface area contributed by atoms with Crippen molar-refractivity contribution in [2.24, 2.45) is 0 Å². The molecule has 142 valence electrons. The third kappa shape index (κ3) is 3.40. The van der Waals surface area contributed by atoms with Gasteiger partial charge in [-0.15, -0.1) is 11.3 Å². The van der Waals surface area contributed by atoms with E-state index in [0.29, 0.717) is 5.92 Å². The van der Waals surface area contributed by atoms with Crippen LogP contribution < -0.4 is 4.90 Å². The topological polar surface area (TPSA) is 29.0 Å². The van der Waals surface area contributed by atoms with Crippen molar-refractivity contribution in [3.63, 3.8) is 0 Å². The van der Waals surface area contributed by atoms with Gasteiger partial charge in [-0.3, -0.25) is 0 Å². The Morgan fingerprint density at radius 3 is 2.50 bits per heavy atom. The fraction of sp³-hybridized carbons (Fsp3) is 0.250. The minimum Gasteiger partial charge on any atom is -0.326 e. The molecule has 0 N–H and O–H groups in total. The molecule has 4 aromatic rings. The Morgan fingerprint density at radius 2 is 1.82 bits per heavy atom. The fourth-order valence-corrected chi connectivity index (χ4v) is 4.49. The first-order chi connectivity index (χ1) is 13.6. The quantitative estimate of drug-likeness (QED) is 0.371. The zero-order valence-electron chi connectivity index (χ0n) is 16.8. The molecule has 0 spiro atoms. The number of benzene rings is 2. The molecule has 0 saturated heterocycles. The maximum Gasteiger partial charge on any atom is 0.145 e. The summed E-state index contributed by atoms with van der Waals surface area (Å²) < 4.78 is 0. The highest BCUT2D eigenvalue weighted by Gasteiger charge is 2.18. The number of aromatic nitrogens is 2. The largest absolute Gasteiger partial charge is 0.326 e. The van der Waals surface area contributed by atoms with Crippen LogP contribution in [0.3, 0.4) is 0 Å². The Balaban J connectivity index is 1.87. The first-order valence-electron chi connectivity index (χ1n) is 9.75. The first kappa shape index (κ1) is 18.6. The van der Waals surface area contributed by atoms with Gasteiger partial charge >= 0.3 is 0 Å². The van der Waals surface area contributed by atoms with Crippen molar-refractivity contribution in [2.45, 2.75) is 33.6 Å². The molecule has 0 bridgehead atoms. The summed E-state index contributed by atoms with van der Waals surface area (Å²) in [6.45, 7) is 9.58. The lowest BCUT2D eigenvalue weighted by Gasteiger charge is -2.23. The van der Waals surface area contributed by atoms with E-state index in [1.165, 1.54) is 22.3 Å². The van der Waals surface area contributed by atoms with E-state index in [4.69, 9.17) is 4.98 Å². The van der Waals surface area contributed by atoms with E-state index in [1.54, 1.807) is 17.7 Å². The van der Waals surface area contributed by atoms with E-state index in [0.717, 1.165) is 28.3 Å². The number of nitrogens with zero attached hydrogens (tertiary/aromatic N) is 3. The lowest BCUT2D eigenvalue weighted by molar-refractivity contribution is 0.867. The molecule has 0 aliphatic rings. The summed E-state index contributed by atoms with van der Waals surface area (Å²) in [6.07, 6.45) is 1.68. The number of fused-ring (bicyclic) bond motifs is 1. The summed E-state index contributed by atoms with van der Waals surface area (Å²) >= 11 is 1.68. The van der Waals surface area contributed by atoms with Crippen LogP contribution in [0.15, 0.2) is 60.2 Å². The van der Waals surface area contributed by atoms with Gasteiger partial charge in [0.15, 0.2) is 0 Å². The van der Waals surface area contributed by atoms with Crippen LogP contribution >= 0.6 is 11.3 Å². The zero-order chi connectivity index (χ0) is 19.7. The van der Waals surface area contributed by atoms with Gasteiger partial charge in [0.25, 0.3) is 0 Å². The third-order valence-corrected chi connectivity index (χ3v) is 6.01. The molecule has 4 rings (SSSR count). The number of thiophene rings is 1. The molecule has 0 atom stereocenters. The number of aryl methyl sites for hydroxylation is 1. The molecule has 0 saturated carbocycles. The summed E-state index contributed by atoms with van der Waals surface area (Å²) in [4.78, 5) is 12.6. The van der Waals surface area contributed by atoms with Crippen LogP contribution in [-0.2, 0) is 0 Å². The Hall–Kier alpha value is -2.72. The molecule has 0 amide bonds. The van der Waals surface area contributed by atoms with Gasteiger partial charge in [-0.2, -0.15) is 0 Å². The van der Waals surface area contributed by atoms with Crippen LogP contribution in [-0.4, -0.2) is 16.5 Å². The first-order valence-corrected chi connectivity index (χ1v) is 10.6. The second-order valence-corrected chi connectivity index (χ2v) is 8.24. The van der Waals surface area contributed by atoms with Gasteiger partial charge in [0.05, 0.1) is 5.39 Å². The summed E-state index contributed by atoms with van der Waals surface area (Å²) in [5, 5.41) is 3.34. The van der Waals surface area contributed by atoms with E-state index in [9.17, 15) is 0 Å². The number of anilines is 2. The van der Waals surface area contributed by atoms with Gasteiger partial charge in [0.2, 0.25) is 0 Å². The Bertz CT molecular complexity index is 1100. The second-order valence-electron chi connectivity index (χ2n) is 7.39. The summed E-state index contributed by atoms with van der Waals surface area (Å²) in [5.74, 6) is 1.51. The van der Waals surface area contributed by atoms with E-state index in [1.807, 2.05) is 0 Å². The molecular weight excluding hydrogens is 362 g/mol. The maximum atomic E-state index is 4.71. The molecule has 0 aliphatic carbocycles. The molecule has 4 heteroatoms. The molecule has 0 unspecified atom stereocenters. The maximum absolute atomic E-state index is 4.71. The smallest absolute Gasteiger partial charge is 0.145 e. The average molecular weight is 388 g/mol. The highest BCUT2D eigenvalue weighted by atomic mass is 32.1. The summed E-state index contributed by atoms with van der Waals surface area (Å²) in [5.41, 5.74) is 6.18. The van der Waals surface area contributed by atoms with Crippen LogP contribution in [0.2, 0.25) is 0 Å². The van der Waals surface area contributed by atoms with Crippen molar-refractivity contribution in [1.82, 2.24) is 9.97 Å². The SMILES string of the molecule is CCN(c1cccc(C)c1)c1ncnc2scc(-c3ccc(C(C)C)cc3)c12. The van der Waals surface area contributed by atoms with E-state index in [2.05, 4.69) is 91.5 Å². The van der Waals surface area contributed by atoms with Crippen molar-refractivity contribution in [3.05, 3.63) is 71.4 Å². The molecule has 0 aliphatic heterocycles. The van der Waals surface area contributed by atoms with Gasteiger partial charge < -0.3 is 4.90 Å². The van der Waals surface area contributed by atoms with E-state index in [-0.39, 0.29) is 0 Å². The standard InChI is InChI=1S/C24H25N3S/c1-5-27(20-8-6-7-17(4)13-20)23-22-21(14-28-24(22)26-15-25-23)19-11-9-18(10-12-19)16(2)3/h6-16H,5H2,1-4H3. The second kappa shape index (κ2) is 7.72. The van der Waals surface area contributed by atoms with E-state index >= 15 is 0 Å². The summed E-state index contributed by atoms with van der Waals surface area (Å²) in [7, 11) is 0. The normalized spacial score (nSPS) is 11.3. The average Bonchev–Trinajstić information content (AvgIpc) is 3.14. The monoisotopic (exact) mass is 387 g/mol. The molecular formula is C24H25N3S. The van der Waals surface area contributed by atoms with Gasteiger partial charge in [0, 0.05) is 23.2 Å². The van der Waals surface area contributed by atoms with Crippen LogP contribution in [0, 0.1) is 6.92 Å². The minimum absolute atomic E-state index is 0.532. The number of hydrogen-bond acceptors (Lipinski definition) is 4. The predicted octanol–water partition coefficient (Wildman–Crippen LogP) is 6.95. The molecule has 2 heterocycles. The van der Waals surface area contributed by atoms with Crippen LogP contribution in [0.1, 0.15) is 37.8 Å². The third-order valence-electron chi connectivity index (χ3n) is 5.12. The molecule has 3 nitrogen and oxygen atoms in total. The van der Waals surface area contributed by atoms with E-state index < -0.39 is 0 Å². The van der Waals surface area contributed by atoms with Crippen molar-refractivity contribution in [2.75, 3.05) is 11.4 Å². The van der Waals surface area contributed by atoms with Gasteiger partial charge in [0.1, 0.15) is 17.0 Å². The van der Waals surface area contributed by atoms with Crippen molar-refractivity contribution in [1.29, 1.82) is 0 Å². The molecule has 0 fully saturated rings. The molecule has 2 aromatic heterocycles. The van der Waals surface area contributed by atoms with Gasteiger partial charge in [-0.25, -0.2) is 9.97 Å². The van der Waals surface area contributed by atoms with Crippen LogP contribution in [0.5, 0.6) is 0 Å². The molecule has 28 heavy (non-hydrogen) atoms. The molecule has 2 aromatic carbocycles. The lowest BCUT2D eigenvalue weighted by atomic mass is 9.99. The fourth-order valence-electron chi connectivity index (χ4n) is 3.57. The predicted molar refractivity (Wildman–Crippen MR) is 121 cm³/mol. The number of hydrogen-bond donors (Lipinski definition) is 0. The Labute approximate surface area is 170 Å². The lowest BCUT2D eigenvalue weighted by Crippen LogP contribution is -2.18. The summed E-state index contributed by atoms with van der Waals surface area (Å²) in [6, 6.07) is 17.5. The minimum atomic E-state index is 0.532. The number of rotatable bonds is 5. The highest BCUT2D eigenvalue weighted by Crippen LogP contribution is 2.40. The van der Waals surface area contributed by atoms with Crippen molar-refractivity contribution >= 4 is 33.1 Å². The van der Waals surface area contributed by atoms with Gasteiger partial charge in [-0.1, -0.05) is 50.2 Å². The van der Waals surface area contributed by atoms with Crippen LogP contribution in [0.25, 0.3) is 21.3 Å². The van der Waals surface area contributed by atoms with Crippen molar-refractivity contribution < 1.29 is 0 Å². The Morgan fingerprint density at radius 1 is 1.04 bits per heavy atom. The zero-order valence-corrected chi connectivity index (χ0v) is 17.6.